The van der Waals surface area contributed by atoms with Crippen LogP contribution < -0.4 is 4.74 Å². The third-order valence-corrected chi connectivity index (χ3v) is 6.74. The number of hydrogen-bond donors (Lipinski definition) is 3. The zero-order valence-corrected chi connectivity index (χ0v) is 22.3. The zero-order valence-electron chi connectivity index (χ0n) is 21.5. The SMILES string of the molecule is Cc1ccc(-c2nc(-c3ccc(C)cc3C)nc(-c3ccc(OCC(O)CS(=O)(=O)O)cc3O)n2)c(C)c1. The maximum absolute atomic E-state index is 10.9. The van der Waals surface area contributed by atoms with Gasteiger partial charge in [-0.15, -0.1) is 0 Å². The number of hydrogen-bond acceptors (Lipinski definition) is 8. The van der Waals surface area contributed by atoms with Gasteiger partial charge in [-0.25, -0.2) is 15.0 Å². The topological polar surface area (TPSA) is 143 Å². The van der Waals surface area contributed by atoms with Crippen LogP contribution in [0.2, 0.25) is 0 Å². The first kappa shape index (κ1) is 27.2. The predicted octanol–water partition coefficient (Wildman–Crippen LogP) is 4.44. The summed E-state index contributed by atoms with van der Waals surface area (Å²) < 4.78 is 36.1. The van der Waals surface area contributed by atoms with Gasteiger partial charge in [0.15, 0.2) is 17.5 Å². The summed E-state index contributed by atoms with van der Waals surface area (Å²) in [6, 6.07) is 16.5. The number of phenols is 1. The molecular formula is C28H29N3O6S. The maximum atomic E-state index is 10.9. The Hall–Kier alpha value is -3.86. The van der Waals surface area contributed by atoms with Crippen LogP contribution in [0.3, 0.4) is 0 Å². The van der Waals surface area contributed by atoms with Crippen molar-refractivity contribution in [1.29, 1.82) is 0 Å². The summed E-state index contributed by atoms with van der Waals surface area (Å²) in [7, 11) is -4.35. The lowest BCUT2D eigenvalue weighted by molar-refractivity contribution is 0.123. The summed E-state index contributed by atoms with van der Waals surface area (Å²) in [5.41, 5.74) is 6.27. The number of benzene rings is 3. The van der Waals surface area contributed by atoms with Gasteiger partial charge >= 0.3 is 0 Å². The van der Waals surface area contributed by atoms with Gasteiger partial charge in [-0.1, -0.05) is 47.5 Å². The Morgan fingerprint density at radius 2 is 1.24 bits per heavy atom. The Kier molecular flexibility index (Phi) is 7.77. The van der Waals surface area contributed by atoms with Gasteiger partial charge in [0.1, 0.15) is 30.0 Å². The second-order valence-corrected chi connectivity index (χ2v) is 10.8. The van der Waals surface area contributed by atoms with E-state index in [0.29, 0.717) is 17.2 Å². The molecule has 1 unspecified atom stereocenters. The highest BCUT2D eigenvalue weighted by Crippen LogP contribution is 2.34. The molecule has 10 heteroatoms. The van der Waals surface area contributed by atoms with Crippen LogP contribution in [-0.4, -0.2) is 56.6 Å². The summed E-state index contributed by atoms with van der Waals surface area (Å²) in [5.74, 6) is 0.367. The fraction of sp³-hybridized carbons (Fsp3) is 0.250. The molecule has 9 nitrogen and oxygen atoms in total. The smallest absolute Gasteiger partial charge is 0.267 e. The van der Waals surface area contributed by atoms with Crippen molar-refractivity contribution in [3.8, 4) is 45.7 Å². The van der Waals surface area contributed by atoms with Gasteiger partial charge in [0, 0.05) is 17.2 Å². The van der Waals surface area contributed by atoms with E-state index >= 15 is 0 Å². The van der Waals surface area contributed by atoms with E-state index in [0.717, 1.165) is 33.4 Å². The summed E-state index contributed by atoms with van der Waals surface area (Å²) in [4.78, 5) is 14.1. The van der Waals surface area contributed by atoms with Crippen molar-refractivity contribution >= 4 is 10.1 Å². The van der Waals surface area contributed by atoms with Crippen LogP contribution in [-0.2, 0) is 10.1 Å². The average Bonchev–Trinajstić information content (AvgIpc) is 2.81. The minimum atomic E-state index is -4.35. The number of ether oxygens (including phenoxy) is 1. The third kappa shape index (κ3) is 6.52. The summed E-state index contributed by atoms with van der Waals surface area (Å²) in [6.45, 7) is 7.61. The van der Waals surface area contributed by atoms with Crippen molar-refractivity contribution in [1.82, 2.24) is 15.0 Å². The molecule has 1 atom stereocenters. The van der Waals surface area contributed by atoms with E-state index in [-0.39, 0.29) is 17.3 Å². The molecule has 0 saturated carbocycles. The molecule has 0 amide bonds. The normalized spacial score (nSPS) is 12.4. The minimum Gasteiger partial charge on any atom is -0.507 e. The lowest BCUT2D eigenvalue weighted by Gasteiger charge is -2.14. The van der Waals surface area contributed by atoms with E-state index in [2.05, 4.69) is 22.1 Å². The lowest BCUT2D eigenvalue weighted by Crippen LogP contribution is -2.26. The molecule has 0 aliphatic carbocycles. The van der Waals surface area contributed by atoms with Gasteiger partial charge in [0.25, 0.3) is 10.1 Å². The van der Waals surface area contributed by atoms with Crippen molar-refractivity contribution in [3.05, 3.63) is 76.9 Å². The molecule has 3 aromatic carbocycles. The third-order valence-electron chi connectivity index (χ3n) is 5.94. The van der Waals surface area contributed by atoms with E-state index < -0.39 is 28.6 Å². The van der Waals surface area contributed by atoms with Gasteiger partial charge in [0.05, 0.1) is 5.56 Å². The van der Waals surface area contributed by atoms with Gasteiger partial charge < -0.3 is 14.9 Å². The Bertz CT molecular complexity index is 1530. The molecule has 38 heavy (non-hydrogen) atoms. The quantitative estimate of drug-likeness (QED) is 0.279. The maximum Gasteiger partial charge on any atom is 0.267 e. The average molecular weight is 536 g/mol. The Morgan fingerprint density at radius 1 is 0.763 bits per heavy atom. The number of rotatable bonds is 8. The van der Waals surface area contributed by atoms with Gasteiger partial charge in [0.2, 0.25) is 0 Å². The van der Waals surface area contributed by atoms with Gasteiger partial charge in [-0.2, -0.15) is 8.42 Å². The minimum absolute atomic E-state index is 0.170. The fourth-order valence-electron chi connectivity index (χ4n) is 4.14. The number of nitrogens with zero attached hydrogens (tertiary/aromatic N) is 3. The van der Waals surface area contributed by atoms with Crippen molar-refractivity contribution in [2.45, 2.75) is 33.8 Å². The van der Waals surface area contributed by atoms with Gasteiger partial charge in [-0.3, -0.25) is 4.55 Å². The number of aliphatic hydroxyl groups excluding tert-OH is 1. The van der Waals surface area contributed by atoms with E-state index in [1.807, 2.05) is 52.0 Å². The first-order chi connectivity index (χ1) is 17.9. The summed E-state index contributed by atoms with van der Waals surface area (Å²) in [6.07, 6.45) is -1.43. The standard InChI is InChI=1S/C28H29N3O6S/c1-16-5-8-22(18(3)11-16)26-29-27(23-9-6-17(2)12-19(23)4)31-28(30-26)24-10-7-21(13-25(24)33)37-14-20(32)15-38(34,35)36/h5-13,20,32-33H,14-15H2,1-4H3,(H,34,35,36). The van der Waals surface area contributed by atoms with Crippen LogP contribution >= 0.6 is 0 Å². The molecule has 0 spiro atoms. The van der Waals surface area contributed by atoms with Crippen molar-refractivity contribution < 1.29 is 27.9 Å². The Balaban J connectivity index is 1.75. The van der Waals surface area contributed by atoms with Crippen molar-refractivity contribution in [3.63, 3.8) is 0 Å². The molecule has 198 valence electrons. The predicted molar refractivity (Wildman–Crippen MR) is 145 cm³/mol. The second-order valence-electron chi connectivity index (χ2n) is 9.34. The van der Waals surface area contributed by atoms with Crippen LogP contribution in [0.5, 0.6) is 11.5 Å². The molecule has 0 radical (unpaired) electrons. The fourth-order valence-corrected chi connectivity index (χ4v) is 4.72. The molecule has 3 N–H and O–H groups in total. The number of aromatic hydroxyl groups is 1. The molecule has 1 heterocycles. The molecule has 0 saturated heterocycles. The molecule has 0 aliphatic heterocycles. The molecule has 0 aliphatic rings. The highest BCUT2D eigenvalue weighted by atomic mass is 32.2. The molecule has 4 rings (SSSR count). The van der Waals surface area contributed by atoms with Crippen molar-refractivity contribution in [2.75, 3.05) is 12.4 Å². The molecular weight excluding hydrogens is 506 g/mol. The van der Waals surface area contributed by atoms with Gasteiger partial charge in [-0.05, 0) is 51.0 Å². The number of aliphatic hydroxyl groups is 1. The number of aromatic nitrogens is 3. The largest absolute Gasteiger partial charge is 0.507 e. The van der Waals surface area contributed by atoms with E-state index in [4.69, 9.17) is 14.3 Å². The van der Waals surface area contributed by atoms with Crippen LogP contribution in [0, 0.1) is 27.7 Å². The monoisotopic (exact) mass is 535 g/mol. The van der Waals surface area contributed by atoms with Crippen LogP contribution in [0.25, 0.3) is 34.2 Å². The first-order valence-electron chi connectivity index (χ1n) is 11.9. The number of aryl methyl sites for hydroxylation is 4. The Morgan fingerprint density at radius 3 is 1.68 bits per heavy atom. The molecule has 0 fully saturated rings. The number of phenolic OH excluding ortho intramolecular Hbond substituents is 1. The molecule has 4 aromatic rings. The lowest BCUT2D eigenvalue weighted by atomic mass is 10.0. The highest BCUT2D eigenvalue weighted by Gasteiger charge is 2.18. The summed E-state index contributed by atoms with van der Waals surface area (Å²) in [5, 5.41) is 20.6. The van der Waals surface area contributed by atoms with Crippen LogP contribution in [0.1, 0.15) is 22.3 Å². The molecule has 1 aromatic heterocycles. The van der Waals surface area contributed by atoms with Crippen molar-refractivity contribution in [2.24, 2.45) is 0 Å². The first-order valence-corrected chi connectivity index (χ1v) is 13.5. The Labute approximate surface area is 221 Å². The van der Waals surface area contributed by atoms with Crippen LogP contribution in [0.15, 0.2) is 54.6 Å². The van der Waals surface area contributed by atoms with E-state index in [1.165, 1.54) is 6.07 Å². The second kappa shape index (κ2) is 10.9. The van der Waals surface area contributed by atoms with E-state index in [1.54, 1.807) is 12.1 Å². The van der Waals surface area contributed by atoms with E-state index in [9.17, 15) is 18.6 Å². The summed E-state index contributed by atoms with van der Waals surface area (Å²) >= 11 is 0. The highest BCUT2D eigenvalue weighted by molar-refractivity contribution is 7.85. The zero-order chi connectivity index (χ0) is 27.6. The molecule has 0 bridgehead atoms. The van der Waals surface area contributed by atoms with Crippen LogP contribution in [0.4, 0.5) is 0 Å².